The van der Waals surface area contributed by atoms with E-state index in [4.69, 9.17) is 21.1 Å². The molecule has 1 rings (SSSR count). The monoisotopic (exact) mass is 228 g/mol. The van der Waals surface area contributed by atoms with Gasteiger partial charge in [-0.05, 0) is 30.7 Å². The Balaban J connectivity index is 2.40. The molecule has 0 radical (unpaired) electrons. The molecule has 0 spiro atoms. The molecular weight excluding hydrogens is 216 g/mol. The zero-order valence-electron chi connectivity index (χ0n) is 8.75. The number of rotatable bonds is 4. The molecule has 0 atom stereocenters. The Kier molecular flexibility index (Phi) is 4.43. The molecule has 0 bridgehead atoms. The topological polar surface area (TPSA) is 35.5 Å². The second kappa shape index (κ2) is 5.61. The van der Waals surface area contributed by atoms with E-state index in [2.05, 4.69) is 0 Å². The molecule has 1 aromatic rings. The summed E-state index contributed by atoms with van der Waals surface area (Å²) in [6.07, 6.45) is 0. The van der Waals surface area contributed by atoms with Crippen molar-refractivity contribution in [3.63, 3.8) is 0 Å². The Morgan fingerprint density at radius 3 is 2.73 bits per heavy atom. The first kappa shape index (κ1) is 11.9. The van der Waals surface area contributed by atoms with Crippen LogP contribution in [0.15, 0.2) is 18.2 Å². The summed E-state index contributed by atoms with van der Waals surface area (Å²) >= 11 is 5.79. The highest BCUT2D eigenvalue weighted by Gasteiger charge is 2.00. The summed E-state index contributed by atoms with van der Waals surface area (Å²) < 4.78 is 10.1. The van der Waals surface area contributed by atoms with Crippen molar-refractivity contribution >= 4 is 17.6 Å². The zero-order valence-corrected chi connectivity index (χ0v) is 9.50. The van der Waals surface area contributed by atoms with Crippen LogP contribution in [0.25, 0.3) is 0 Å². The molecule has 0 fully saturated rings. The van der Waals surface area contributed by atoms with Gasteiger partial charge in [0.25, 0.3) is 0 Å². The molecule has 0 aromatic heterocycles. The van der Waals surface area contributed by atoms with E-state index in [9.17, 15) is 4.79 Å². The molecule has 0 saturated heterocycles. The maximum Gasteiger partial charge on any atom is 0.302 e. The molecule has 4 heteroatoms. The highest BCUT2D eigenvalue weighted by Crippen LogP contribution is 2.21. The van der Waals surface area contributed by atoms with Crippen LogP contribution in [0.1, 0.15) is 12.5 Å². The Bertz CT molecular complexity index is 350. The second-order valence-electron chi connectivity index (χ2n) is 3.10. The fourth-order valence-corrected chi connectivity index (χ4v) is 1.34. The van der Waals surface area contributed by atoms with E-state index in [1.54, 1.807) is 12.1 Å². The third-order valence-corrected chi connectivity index (χ3v) is 2.02. The van der Waals surface area contributed by atoms with Gasteiger partial charge in [-0.3, -0.25) is 4.79 Å². The lowest BCUT2D eigenvalue weighted by atomic mass is 10.2. The van der Waals surface area contributed by atoms with Crippen LogP contribution in [0.2, 0.25) is 5.02 Å². The van der Waals surface area contributed by atoms with Crippen molar-refractivity contribution in [3.8, 4) is 5.75 Å². The van der Waals surface area contributed by atoms with Gasteiger partial charge in [0.05, 0.1) is 0 Å². The number of benzene rings is 1. The Morgan fingerprint density at radius 2 is 2.13 bits per heavy atom. The number of hydrogen-bond donors (Lipinski definition) is 0. The van der Waals surface area contributed by atoms with E-state index in [-0.39, 0.29) is 12.6 Å². The van der Waals surface area contributed by atoms with E-state index in [0.29, 0.717) is 11.6 Å². The maximum absolute atomic E-state index is 10.5. The minimum atomic E-state index is -0.300. The fourth-order valence-electron chi connectivity index (χ4n) is 1.11. The molecule has 15 heavy (non-hydrogen) atoms. The van der Waals surface area contributed by atoms with Gasteiger partial charge in [0.15, 0.2) is 0 Å². The number of carbonyl (C=O) groups excluding carboxylic acids is 1. The van der Waals surface area contributed by atoms with Crippen LogP contribution in [-0.4, -0.2) is 19.2 Å². The van der Waals surface area contributed by atoms with E-state index in [0.717, 1.165) is 11.3 Å². The van der Waals surface area contributed by atoms with Crippen molar-refractivity contribution in [2.45, 2.75) is 13.8 Å². The molecule has 0 heterocycles. The van der Waals surface area contributed by atoms with Crippen molar-refractivity contribution in [1.29, 1.82) is 0 Å². The lowest BCUT2D eigenvalue weighted by Crippen LogP contribution is -2.09. The SMILES string of the molecule is CC(=O)OCCOc1ccc(Cl)cc1C. The Morgan fingerprint density at radius 1 is 1.40 bits per heavy atom. The van der Waals surface area contributed by atoms with Crippen LogP contribution >= 0.6 is 11.6 Å². The second-order valence-corrected chi connectivity index (χ2v) is 3.53. The smallest absolute Gasteiger partial charge is 0.302 e. The quantitative estimate of drug-likeness (QED) is 0.587. The van der Waals surface area contributed by atoms with E-state index in [1.807, 2.05) is 13.0 Å². The third-order valence-electron chi connectivity index (χ3n) is 1.78. The van der Waals surface area contributed by atoms with Crippen molar-refractivity contribution in [2.75, 3.05) is 13.2 Å². The maximum atomic E-state index is 10.5. The molecule has 0 unspecified atom stereocenters. The summed E-state index contributed by atoms with van der Waals surface area (Å²) in [5, 5.41) is 0.680. The number of ether oxygens (including phenoxy) is 2. The van der Waals surface area contributed by atoms with Crippen molar-refractivity contribution in [1.82, 2.24) is 0 Å². The van der Waals surface area contributed by atoms with Gasteiger partial charge in [0, 0.05) is 11.9 Å². The summed E-state index contributed by atoms with van der Waals surface area (Å²) in [5.41, 5.74) is 0.963. The van der Waals surface area contributed by atoms with Crippen molar-refractivity contribution in [2.24, 2.45) is 0 Å². The summed E-state index contributed by atoms with van der Waals surface area (Å²) in [6.45, 7) is 3.89. The van der Waals surface area contributed by atoms with Gasteiger partial charge >= 0.3 is 5.97 Å². The number of esters is 1. The summed E-state index contributed by atoms with van der Waals surface area (Å²) in [7, 11) is 0. The predicted octanol–water partition coefficient (Wildman–Crippen LogP) is 2.59. The van der Waals surface area contributed by atoms with E-state index >= 15 is 0 Å². The van der Waals surface area contributed by atoms with E-state index in [1.165, 1.54) is 6.92 Å². The van der Waals surface area contributed by atoms with Gasteiger partial charge in [0.2, 0.25) is 0 Å². The standard InChI is InChI=1S/C11H13ClO3/c1-8-7-10(12)3-4-11(8)15-6-5-14-9(2)13/h3-4,7H,5-6H2,1-2H3. The zero-order chi connectivity index (χ0) is 11.3. The van der Waals surface area contributed by atoms with Crippen molar-refractivity contribution in [3.05, 3.63) is 28.8 Å². The molecular formula is C11H13ClO3. The molecule has 0 aliphatic heterocycles. The number of carbonyl (C=O) groups is 1. The molecule has 0 N–H and O–H groups in total. The predicted molar refractivity (Wildman–Crippen MR) is 58.3 cm³/mol. The molecule has 1 aromatic carbocycles. The summed E-state index contributed by atoms with van der Waals surface area (Å²) in [5.74, 6) is 0.456. The first-order valence-electron chi connectivity index (χ1n) is 4.62. The lowest BCUT2D eigenvalue weighted by Gasteiger charge is -2.08. The minimum Gasteiger partial charge on any atom is -0.490 e. The highest BCUT2D eigenvalue weighted by molar-refractivity contribution is 6.30. The molecule has 3 nitrogen and oxygen atoms in total. The first-order valence-corrected chi connectivity index (χ1v) is 4.99. The lowest BCUT2D eigenvalue weighted by molar-refractivity contribution is -0.141. The number of aryl methyl sites for hydroxylation is 1. The fraction of sp³-hybridized carbons (Fsp3) is 0.364. The number of halogens is 1. The van der Waals surface area contributed by atoms with Crippen LogP contribution in [0.5, 0.6) is 5.75 Å². The largest absolute Gasteiger partial charge is 0.490 e. The average Bonchev–Trinajstić information content (AvgIpc) is 2.14. The molecule has 0 saturated carbocycles. The molecule has 82 valence electrons. The van der Waals surface area contributed by atoms with Gasteiger partial charge in [-0.15, -0.1) is 0 Å². The Hall–Kier alpha value is -1.22. The van der Waals surface area contributed by atoms with Crippen LogP contribution in [0, 0.1) is 6.92 Å². The minimum absolute atomic E-state index is 0.261. The summed E-state index contributed by atoms with van der Waals surface area (Å²) in [6, 6.07) is 5.38. The van der Waals surface area contributed by atoms with Crippen LogP contribution in [-0.2, 0) is 9.53 Å². The van der Waals surface area contributed by atoms with Gasteiger partial charge in [-0.1, -0.05) is 11.6 Å². The van der Waals surface area contributed by atoms with Crippen LogP contribution in [0.3, 0.4) is 0 Å². The molecule has 0 aliphatic rings. The average molecular weight is 229 g/mol. The van der Waals surface area contributed by atoms with Gasteiger partial charge in [0.1, 0.15) is 19.0 Å². The van der Waals surface area contributed by atoms with E-state index < -0.39 is 0 Å². The first-order chi connectivity index (χ1) is 7.09. The third kappa shape index (κ3) is 4.21. The van der Waals surface area contributed by atoms with Crippen LogP contribution in [0.4, 0.5) is 0 Å². The van der Waals surface area contributed by atoms with Gasteiger partial charge in [-0.25, -0.2) is 0 Å². The molecule has 0 aliphatic carbocycles. The number of hydrogen-bond acceptors (Lipinski definition) is 3. The summed E-state index contributed by atoms with van der Waals surface area (Å²) in [4.78, 5) is 10.5. The van der Waals surface area contributed by atoms with Gasteiger partial charge < -0.3 is 9.47 Å². The normalized spacial score (nSPS) is 9.80. The van der Waals surface area contributed by atoms with Gasteiger partial charge in [-0.2, -0.15) is 0 Å². The van der Waals surface area contributed by atoms with Crippen LogP contribution < -0.4 is 4.74 Å². The molecule has 0 amide bonds. The Labute approximate surface area is 93.9 Å². The van der Waals surface area contributed by atoms with Crippen molar-refractivity contribution < 1.29 is 14.3 Å². The highest BCUT2D eigenvalue weighted by atomic mass is 35.5.